The average molecular weight is 364 g/mol. The third-order valence-corrected chi connectivity index (χ3v) is 4.35. The van der Waals surface area contributed by atoms with Crippen LogP contribution in [-0.4, -0.2) is 41.8 Å². The van der Waals surface area contributed by atoms with Crippen molar-refractivity contribution in [1.29, 1.82) is 0 Å². The van der Waals surface area contributed by atoms with Gasteiger partial charge in [0.1, 0.15) is 6.10 Å². The van der Waals surface area contributed by atoms with Crippen LogP contribution in [-0.2, 0) is 9.59 Å². The van der Waals surface area contributed by atoms with Gasteiger partial charge >= 0.3 is 0 Å². The maximum Gasteiger partial charge on any atom is 0.293 e. The summed E-state index contributed by atoms with van der Waals surface area (Å²) in [6, 6.07) is 4.79. The second-order valence-electron chi connectivity index (χ2n) is 5.32. The molecule has 1 aromatic rings. The fourth-order valence-electron chi connectivity index (χ4n) is 2.18. The summed E-state index contributed by atoms with van der Waals surface area (Å²) in [5, 5.41) is 10.5. The van der Waals surface area contributed by atoms with E-state index in [1.54, 1.807) is 24.3 Å². The van der Waals surface area contributed by atoms with Crippen molar-refractivity contribution < 1.29 is 29.0 Å². The van der Waals surface area contributed by atoms with Gasteiger partial charge in [-0.05, 0) is 48.9 Å². The fraction of sp³-hybridized carbons (Fsp3) is 0.353. The molecule has 1 aliphatic rings. The molecule has 1 fully saturated rings. The minimum Gasteiger partial charge on any atom is -0.546 e. The summed E-state index contributed by atoms with van der Waals surface area (Å²) in [6.07, 6.45) is 1.15. The highest BCUT2D eigenvalue weighted by molar-refractivity contribution is 8.18. The number of amides is 2. The van der Waals surface area contributed by atoms with Crippen LogP contribution in [0, 0.1) is 0 Å². The molecule has 0 aliphatic carbocycles. The number of imide groups is 1. The van der Waals surface area contributed by atoms with Crippen LogP contribution in [0.4, 0.5) is 4.79 Å². The molecule has 1 atom stereocenters. The molecule has 7 nitrogen and oxygen atoms in total. The van der Waals surface area contributed by atoms with Gasteiger partial charge < -0.3 is 19.4 Å². The molecule has 1 aliphatic heterocycles. The molecule has 0 unspecified atom stereocenters. The van der Waals surface area contributed by atoms with E-state index in [9.17, 15) is 19.5 Å². The van der Waals surface area contributed by atoms with Crippen molar-refractivity contribution in [3.63, 3.8) is 0 Å². The van der Waals surface area contributed by atoms with E-state index in [1.165, 1.54) is 18.9 Å². The first kappa shape index (κ1) is 18.9. The quantitative estimate of drug-likeness (QED) is 0.679. The Bertz CT molecular complexity index is 730. The summed E-state index contributed by atoms with van der Waals surface area (Å²) < 4.78 is 10.5. The molecule has 0 aromatic heterocycles. The van der Waals surface area contributed by atoms with Gasteiger partial charge in [0, 0.05) is 6.54 Å². The van der Waals surface area contributed by atoms with E-state index in [0.717, 1.165) is 11.8 Å². The van der Waals surface area contributed by atoms with Crippen molar-refractivity contribution in [2.24, 2.45) is 0 Å². The monoisotopic (exact) mass is 364 g/mol. The van der Waals surface area contributed by atoms with Gasteiger partial charge in [0.2, 0.25) is 0 Å². The van der Waals surface area contributed by atoms with Gasteiger partial charge in [0.15, 0.2) is 11.5 Å². The molecule has 1 heterocycles. The lowest BCUT2D eigenvalue weighted by Crippen LogP contribution is -2.37. The van der Waals surface area contributed by atoms with E-state index in [4.69, 9.17) is 9.47 Å². The van der Waals surface area contributed by atoms with Gasteiger partial charge in [-0.1, -0.05) is 13.0 Å². The smallest absolute Gasteiger partial charge is 0.293 e. The SMILES string of the molecule is CCCN1C(=O)S/C(=C\c2ccc(O[C@H](C)C(=O)[O-])c(OC)c2)C1=O. The van der Waals surface area contributed by atoms with Crippen LogP contribution in [0.3, 0.4) is 0 Å². The number of nitrogens with zero attached hydrogens (tertiary/aromatic N) is 1. The lowest BCUT2D eigenvalue weighted by molar-refractivity contribution is -0.312. The number of benzene rings is 1. The molecule has 8 heteroatoms. The minimum atomic E-state index is -1.34. The zero-order chi connectivity index (χ0) is 18.6. The standard InChI is InChI=1S/C17H19NO6S/c1-4-7-18-15(19)14(25-17(18)22)9-11-5-6-12(13(8-11)23-3)24-10(2)16(20)21/h5-6,8-10H,4,7H2,1-3H3,(H,20,21)/p-1/b14-9-/t10-/m1/s1. The van der Waals surface area contributed by atoms with E-state index in [1.807, 2.05) is 6.92 Å². The maximum absolute atomic E-state index is 12.2. The second-order valence-corrected chi connectivity index (χ2v) is 6.32. The van der Waals surface area contributed by atoms with Crippen LogP contribution in [0.25, 0.3) is 6.08 Å². The van der Waals surface area contributed by atoms with Crippen molar-refractivity contribution >= 4 is 35.0 Å². The number of carbonyl (C=O) groups is 3. The Balaban J connectivity index is 2.25. The molecule has 2 rings (SSSR count). The van der Waals surface area contributed by atoms with Crippen LogP contribution < -0.4 is 14.6 Å². The summed E-state index contributed by atoms with van der Waals surface area (Å²) in [5.74, 6) is -1.09. The lowest BCUT2D eigenvalue weighted by Gasteiger charge is -2.17. The fourth-order valence-corrected chi connectivity index (χ4v) is 3.04. The summed E-state index contributed by atoms with van der Waals surface area (Å²) in [7, 11) is 1.42. The number of hydrogen-bond acceptors (Lipinski definition) is 7. The van der Waals surface area contributed by atoms with Gasteiger partial charge in [0.05, 0.1) is 18.0 Å². The second kappa shape index (κ2) is 8.06. The third-order valence-electron chi connectivity index (χ3n) is 3.44. The van der Waals surface area contributed by atoms with Crippen molar-refractivity contribution in [2.75, 3.05) is 13.7 Å². The van der Waals surface area contributed by atoms with Crippen molar-refractivity contribution in [2.45, 2.75) is 26.4 Å². The van der Waals surface area contributed by atoms with Crippen LogP contribution in [0.1, 0.15) is 25.8 Å². The number of carboxylic acids is 1. The normalized spacial score (nSPS) is 17.1. The first-order chi connectivity index (χ1) is 11.9. The summed E-state index contributed by atoms with van der Waals surface area (Å²) >= 11 is 0.889. The van der Waals surface area contributed by atoms with E-state index < -0.39 is 12.1 Å². The molecule has 1 saturated heterocycles. The number of methoxy groups -OCH3 is 1. The molecule has 0 spiro atoms. The van der Waals surface area contributed by atoms with Crippen LogP contribution in [0.5, 0.6) is 11.5 Å². The van der Waals surface area contributed by atoms with E-state index in [0.29, 0.717) is 29.2 Å². The number of carbonyl (C=O) groups excluding carboxylic acids is 3. The predicted molar refractivity (Wildman–Crippen MR) is 91.1 cm³/mol. The molecular weight excluding hydrogens is 346 g/mol. The highest BCUT2D eigenvalue weighted by atomic mass is 32.2. The van der Waals surface area contributed by atoms with Crippen LogP contribution in [0.2, 0.25) is 0 Å². The van der Waals surface area contributed by atoms with Crippen molar-refractivity contribution in [3.8, 4) is 11.5 Å². The molecular formula is C17H18NO6S-. The maximum atomic E-state index is 12.2. The third kappa shape index (κ3) is 4.33. The molecule has 134 valence electrons. The van der Waals surface area contributed by atoms with Gasteiger partial charge in [-0.15, -0.1) is 0 Å². The molecule has 0 radical (unpaired) electrons. The van der Waals surface area contributed by atoms with Gasteiger partial charge in [-0.2, -0.15) is 0 Å². The Hall–Kier alpha value is -2.48. The van der Waals surface area contributed by atoms with E-state index >= 15 is 0 Å². The highest BCUT2D eigenvalue weighted by Gasteiger charge is 2.34. The largest absolute Gasteiger partial charge is 0.546 e. The Labute approximate surface area is 149 Å². The van der Waals surface area contributed by atoms with Crippen molar-refractivity contribution in [1.82, 2.24) is 4.90 Å². The van der Waals surface area contributed by atoms with Crippen molar-refractivity contribution in [3.05, 3.63) is 28.7 Å². The average Bonchev–Trinajstić information content (AvgIpc) is 2.83. The summed E-state index contributed by atoms with van der Waals surface area (Å²) in [4.78, 5) is 36.4. The Morgan fingerprint density at radius 2 is 2.08 bits per heavy atom. The molecule has 2 amide bonds. The number of ether oxygens (including phenoxy) is 2. The zero-order valence-electron chi connectivity index (χ0n) is 14.1. The molecule has 0 saturated carbocycles. The Morgan fingerprint density at radius 3 is 2.68 bits per heavy atom. The van der Waals surface area contributed by atoms with Gasteiger partial charge in [-0.25, -0.2) is 0 Å². The van der Waals surface area contributed by atoms with E-state index in [2.05, 4.69) is 0 Å². The van der Waals surface area contributed by atoms with Gasteiger partial charge in [0.25, 0.3) is 11.1 Å². The first-order valence-corrected chi connectivity index (χ1v) is 8.50. The van der Waals surface area contributed by atoms with Gasteiger partial charge in [-0.3, -0.25) is 14.5 Å². The highest BCUT2D eigenvalue weighted by Crippen LogP contribution is 2.34. The molecule has 0 N–H and O–H groups in total. The number of aliphatic carboxylic acids is 1. The Kier molecular flexibility index (Phi) is 6.08. The number of thioether (sulfide) groups is 1. The molecule has 0 bridgehead atoms. The van der Waals surface area contributed by atoms with E-state index in [-0.39, 0.29) is 16.9 Å². The first-order valence-electron chi connectivity index (χ1n) is 7.68. The number of rotatable bonds is 7. The number of hydrogen-bond donors (Lipinski definition) is 0. The summed E-state index contributed by atoms with van der Waals surface area (Å²) in [5.41, 5.74) is 0.632. The number of carboxylic acid groups (broad SMARTS) is 1. The van der Waals surface area contributed by atoms with Crippen LogP contribution in [0.15, 0.2) is 23.1 Å². The topological polar surface area (TPSA) is 96.0 Å². The van der Waals surface area contributed by atoms with Crippen LogP contribution >= 0.6 is 11.8 Å². The Morgan fingerprint density at radius 1 is 1.36 bits per heavy atom. The molecule has 1 aromatic carbocycles. The lowest BCUT2D eigenvalue weighted by atomic mass is 10.1. The minimum absolute atomic E-state index is 0.246. The zero-order valence-corrected chi connectivity index (χ0v) is 14.9. The summed E-state index contributed by atoms with van der Waals surface area (Å²) in [6.45, 7) is 3.63. The predicted octanol–water partition coefficient (Wildman–Crippen LogP) is 1.66. The molecule has 25 heavy (non-hydrogen) atoms.